The van der Waals surface area contributed by atoms with Crippen molar-refractivity contribution in [2.75, 3.05) is 26.3 Å². The topological polar surface area (TPSA) is 36.3 Å². The average Bonchev–Trinajstić information content (AvgIpc) is 2.57. The minimum absolute atomic E-state index is 0.697. The molecule has 0 saturated carbocycles. The Labute approximate surface area is 125 Å². The molecule has 0 spiro atoms. The zero-order valence-electron chi connectivity index (χ0n) is 12.0. The van der Waals surface area contributed by atoms with Crippen molar-refractivity contribution in [3.63, 3.8) is 0 Å². The van der Waals surface area contributed by atoms with Crippen molar-refractivity contribution in [1.82, 2.24) is 4.90 Å². The Bertz CT molecular complexity index is 620. The zero-order chi connectivity index (χ0) is 14.5. The third-order valence-electron chi connectivity index (χ3n) is 3.81. The highest BCUT2D eigenvalue weighted by molar-refractivity contribution is 5.64. The molecular formula is C18H18N2O. The predicted octanol–water partition coefficient (Wildman–Crippen LogP) is 3.06. The van der Waals surface area contributed by atoms with Crippen molar-refractivity contribution in [2.45, 2.75) is 6.54 Å². The van der Waals surface area contributed by atoms with Gasteiger partial charge >= 0.3 is 0 Å². The van der Waals surface area contributed by atoms with Crippen molar-refractivity contribution < 1.29 is 4.74 Å². The maximum absolute atomic E-state index is 8.83. The van der Waals surface area contributed by atoms with Gasteiger partial charge in [0.15, 0.2) is 0 Å². The highest BCUT2D eigenvalue weighted by atomic mass is 16.5. The van der Waals surface area contributed by atoms with Crippen LogP contribution in [0.4, 0.5) is 0 Å². The van der Waals surface area contributed by atoms with E-state index in [2.05, 4.69) is 35.2 Å². The SMILES string of the molecule is N#Cc1ccc(-c2ccc(CN3CCOCC3)cc2)cc1. The van der Waals surface area contributed by atoms with Crippen LogP contribution >= 0.6 is 0 Å². The summed E-state index contributed by atoms with van der Waals surface area (Å²) < 4.78 is 5.37. The van der Waals surface area contributed by atoms with Crippen LogP contribution < -0.4 is 0 Å². The van der Waals surface area contributed by atoms with Crippen molar-refractivity contribution in [2.24, 2.45) is 0 Å². The smallest absolute Gasteiger partial charge is 0.0991 e. The van der Waals surface area contributed by atoms with Crippen LogP contribution in [0.25, 0.3) is 11.1 Å². The molecule has 1 saturated heterocycles. The van der Waals surface area contributed by atoms with Crippen LogP contribution in [0, 0.1) is 11.3 Å². The Kier molecular flexibility index (Phi) is 4.30. The number of hydrogen-bond donors (Lipinski definition) is 0. The van der Waals surface area contributed by atoms with Crippen LogP contribution in [-0.4, -0.2) is 31.2 Å². The molecule has 0 amide bonds. The van der Waals surface area contributed by atoms with E-state index in [0.29, 0.717) is 5.56 Å². The fraction of sp³-hybridized carbons (Fsp3) is 0.278. The molecule has 3 heteroatoms. The minimum Gasteiger partial charge on any atom is -0.379 e. The molecule has 3 nitrogen and oxygen atoms in total. The number of ether oxygens (including phenoxy) is 1. The lowest BCUT2D eigenvalue weighted by molar-refractivity contribution is 0.0342. The summed E-state index contributed by atoms with van der Waals surface area (Å²) >= 11 is 0. The van der Waals surface area contributed by atoms with Crippen LogP contribution in [0.3, 0.4) is 0 Å². The van der Waals surface area contributed by atoms with E-state index in [1.54, 1.807) is 0 Å². The molecule has 1 heterocycles. The lowest BCUT2D eigenvalue weighted by atomic mass is 10.0. The van der Waals surface area contributed by atoms with Crippen molar-refractivity contribution in [3.05, 3.63) is 59.7 Å². The molecule has 3 rings (SSSR count). The van der Waals surface area contributed by atoms with Crippen LogP contribution in [0.5, 0.6) is 0 Å². The van der Waals surface area contributed by atoms with Gasteiger partial charge in [-0.05, 0) is 28.8 Å². The summed E-state index contributed by atoms with van der Waals surface area (Å²) in [6.45, 7) is 4.68. The first-order valence-corrected chi connectivity index (χ1v) is 7.25. The minimum atomic E-state index is 0.697. The maximum Gasteiger partial charge on any atom is 0.0991 e. The third-order valence-corrected chi connectivity index (χ3v) is 3.81. The van der Waals surface area contributed by atoms with Gasteiger partial charge in [-0.2, -0.15) is 5.26 Å². The van der Waals surface area contributed by atoms with E-state index in [1.165, 1.54) is 11.1 Å². The molecule has 1 aliphatic rings. The molecular weight excluding hydrogens is 260 g/mol. The summed E-state index contributed by atoms with van der Waals surface area (Å²) in [4.78, 5) is 2.42. The second-order valence-electron chi connectivity index (χ2n) is 5.27. The monoisotopic (exact) mass is 278 g/mol. The van der Waals surface area contributed by atoms with E-state index in [9.17, 15) is 0 Å². The number of nitrogens with zero attached hydrogens (tertiary/aromatic N) is 2. The Morgan fingerprint density at radius 3 is 2.05 bits per heavy atom. The Hall–Kier alpha value is -2.15. The van der Waals surface area contributed by atoms with Gasteiger partial charge in [-0.15, -0.1) is 0 Å². The number of rotatable bonds is 3. The van der Waals surface area contributed by atoms with E-state index in [4.69, 9.17) is 10.00 Å². The maximum atomic E-state index is 8.83. The van der Waals surface area contributed by atoms with Crippen LogP contribution in [-0.2, 0) is 11.3 Å². The summed E-state index contributed by atoms with van der Waals surface area (Å²) in [5.74, 6) is 0. The van der Waals surface area contributed by atoms with Gasteiger partial charge in [-0.3, -0.25) is 4.90 Å². The first-order chi connectivity index (χ1) is 10.3. The largest absolute Gasteiger partial charge is 0.379 e. The number of nitriles is 1. The van der Waals surface area contributed by atoms with Gasteiger partial charge in [0.05, 0.1) is 24.8 Å². The first-order valence-electron chi connectivity index (χ1n) is 7.25. The summed E-state index contributed by atoms with van der Waals surface area (Å²) in [7, 11) is 0. The lowest BCUT2D eigenvalue weighted by Gasteiger charge is -2.26. The third kappa shape index (κ3) is 3.49. The highest BCUT2D eigenvalue weighted by Crippen LogP contribution is 2.21. The summed E-state index contributed by atoms with van der Waals surface area (Å²) in [5.41, 5.74) is 4.36. The van der Waals surface area contributed by atoms with Gasteiger partial charge in [0.2, 0.25) is 0 Å². The van der Waals surface area contributed by atoms with E-state index >= 15 is 0 Å². The predicted molar refractivity (Wildman–Crippen MR) is 82.7 cm³/mol. The highest BCUT2D eigenvalue weighted by Gasteiger charge is 2.10. The normalized spacial score (nSPS) is 15.6. The zero-order valence-corrected chi connectivity index (χ0v) is 12.0. The molecule has 0 atom stereocenters. The Balaban J connectivity index is 1.69. The molecule has 2 aromatic rings. The molecule has 0 unspecified atom stereocenters. The van der Waals surface area contributed by atoms with Crippen LogP contribution in [0.15, 0.2) is 48.5 Å². The average molecular weight is 278 g/mol. The molecule has 0 radical (unpaired) electrons. The van der Waals surface area contributed by atoms with Gasteiger partial charge in [0.1, 0.15) is 0 Å². The first kappa shape index (κ1) is 13.8. The quantitative estimate of drug-likeness (QED) is 0.865. The number of benzene rings is 2. The fourth-order valence-electron chi connectivity index (χ4n) is 2.56. The molecule has 21 heavy (non-hydrogen) atoms. The standard InChI is InChI=1S/C18H18N2O/c19-13-15-1-5-17(6-2-15)18-7-3-16(4-8-18)14-20-9-11-21-12-10-20/h1-8H,9-12,14H2. The van der Waals surface area contributed by atoms with Crippen LogP contribution in [0.2, 0.25) is 0 Å². The molecule has 0 aromatic heterocycles. The van der Waals surface area contributed by atoms with Gasteiger partial charge in [0.25, 0.3) is 0 Å². The molecule has 0 N–H and O–H groups in total. The van der Waals surface area contributed by atoms with E-state index in [0.717, 1.165) is 38.4 Å². The van der Waals surface area contributed by atoms with E-state index in [1.807, 2.05) is 24.3 Å². The van der Waals surface area contributed by atoms with Gasteiger partial charge in [0, 0.05) is 19.6 Å². The number of morpholine rings is 1. The Morgan fingerprint density at radius 1 is 0.905 bits per heavy atom. The molecule has 1 fully saturated rings. The molecule has 106 valence electrons. The molecule has 1 aliphatic heterocycles. The van der Waals surface area contributed by atoms with E-state index < -0.39 is 0 Å². The van der Waals surface area contributed by atoms with Gasteiger partial charge in [-0.1, -0.05) is 36.4 Å². The fourth-order valence-corrected chi connectivity index (χ4v) is 2.56. The number of hydrogen-bond acceptors (Lipinski definition) is 3. The summed E-state index contributed by atoms with van der Waals surface area (Å²) in [5, 5.41) is 8.83. The molecule has 2 aromatic carbocycles. The Morgan fingerprint density at radius 2 is 1.48 bits per heavy atom. The van der Waals surface area contributed by atoms with E-state index in [-0.39, 0.29) is 0 Å². The van der Waals surface area contributed by atoms with Crippen molar-refractivity contribution in [1.29, 1.82) is 5.26 Å². The second-order valence-corrected chi connectivity index (χ2v) is 5.27. The molecule has 0 bridgehead atoms. The van der Waals surface area contributed by atoms with Gasteiger partial charge < -0.3 is 4.74 Å². The van der Waals surface area contributed by atoms with Gasteiger partial charge in [-0.25, -0.2) is 0 Å². The summed E-state index contributed by atoms with van der Waals surface area (Å²) in [6, 6.07) is 18.5. The van der Waals surface area contributed by atoms with Crippen LogP contribution in [0.1, 0.15) is 11.1 Å². The summed E-state index contributed by atoms with van der Waals surface area (Å²) in [6.07, 6.45) is 0. The lowest BCUT2D eigenvalue weighted by Crippen LogP contribution is -2.35. The van der Waals surface area contributed by atoms with Crippen molar-refractivity contribution >= 4 is 0 Å². The van der Waals surface area contributed by atoms with Crippen molar-refractivity contribution in [3.8, 4) is 17.2 Å². The molecule has 0 aliphatic carbocycles. The second kappa shape index (κ2) is 6.53.